The number of thiophene rings is 1. The van der Waals surface area contributed by atoms with Crippen LogP contribution in [0, 0.1) is 0 Å². The number of methoxy groups -OCH3 is 1. The van der Waals surface area contributed by atoms with Crippen LogP contribution in [0.2, 0.25) is 0 Å². The van der Waals surface area contributed by atoms with E-state index in [1.54, 1.807) is 6.92 Å². The molecule has 1 N–H and O–H groups in total. The first kappa shape index (κ1) is 23.7. The van der Waals surface area contributed by atoms with Crippen LogP contribution in [0.5, 0.6) is 0 Å². The molecule has 0 spiro atoms. The second kappa shape index (κ2) is 10.6. The van der Waals surface area contributed by atoms with Crippen molar-refractivity contribution in [1.82, 2.24) is 4.90 Å². The number of Topliss-reactive ketones (excluding diaryl/α,β-unsaturated/α-hetero) is 1. The van der Waals surface area contributed by atoms with E-state index in [2.05, 4.69) is 15.1 Å². The maximum atomic E-state index is 12.8. The van der Waals surface area contributed by atoms with Gasteiger partial charge in [0.15, 0.2) is 5.78 Å². The van der Waals surface area contributed by atoms with Crippen molar-refractivity contribution in [2.75, 3.05) is 50.1 Å². The van der Waals surface area contributed by atoms with Gasteiger partial charge in [0, 0.05) is 48.4 Å². The topological polar surface area (TPSA) is 79.0 Å². The standard InChI is InChI=1S/C26H27N3O4S/c1-18(30)19-8-10-21(11-9-19)29-14-12-28(13-15-29)16-23(31)27-25-24(26(32)33-2)22(17-34-25)20-6-4-3-5-7-20/h3-11,17H,12-16H2,1-2H3,(H,27,31). The minimum absolute atomic E-state index is 0.0550. The lowest BCUT2D eigenvalue weighted by Gasteiger charge is -2.35. The van der Waals surface area contributed by atoms with Gasteiger partial charge in [0.1, 0.15) is 10.6 Å². The van der Waals surface area contributed by atoms with E-state index in [4.69, 9.17) is 4.74 Å². The number of hydrogen-bond acceptors (Lipinski definition) is 7. The van der Waals surface area contributed by atoms with Crippen LogP contribution in [-0.4, -0.2) is 62.4 Å². The predicted octanol–water partition coefficient (Wildman–Crippen LogP) is 4.17. The number of carbonyl (C=O) groups excluding carboxylic acids is 3. The normalized spacial score (nSPS) is 14.0. The highest BCUT2D eigenvalue weighted by Crippen LogP contribution is 2.36. The number of nitrogens with one attached hydrogen (secondary N) is 1. The van der Waals surface area contributed by atoms with E-state index in [1.807, 2.05) is 60.0 Å². The van der Waals surface area contributed by atoms with E-state index >= 15 is 0 Å². The molecule has 1 aliphatic rings. The lowest BCUT2D eigenvalue weighted by atomic mass is 10.0. The summed E-state index contributed by atoms with van der Waals surface area (Å²) in [5.41, 5.74) is 3.80. The number of ketones is 1. The van der Waals surface area contributed by atoms with Gasteiger partial charge in [0.05, 0.1) is 13.7 Å². The summed E-state index contributed by atoms with van der Waals surface area (Å²) in [5, 5.41) is 5.28. The molecule has 2 aromatic carbocycles. The molecule has 1 saturated heterocycles. The molecular weight excluding hydrogens is 450 g/mol. The van der Waals surface area contributed by atoms with E-state index in [0.29, 0.717) is 16.1 Å². The summed E-state index contributed by atoms with van der Waals surface area (Å²) < 4.78 is 4.99. The first-order valence-corrected chi connectivity index (χ1v) is 12.0. The minimum atomic E-state index is -0.472. The molecule has 1 aliphatic heterocycles. The smallest absolute Gasteiger partial charge is 0.341 e. The summed E-state index contributed by atoms with van der Waals surface area (Å²) in [6, 6.07) is 17.2. The summed E-state index contributed by atoms with van der Waals surface area (Å²) in [5.74, 6) is -0.579. The number of nitrogens with zero attached hydrogens (tertiary/aromatic N) is 2. The molecule has 8 heteroatoms. The third kappa shape index (κ3) is 5.35. The van der Waals surface area contributed by atoms with Crippen molar-refractivity contribution in [3.05, 3.63) is 71.1 Å². The van der Waals surface area contributed by atoms with Crippen molar-refractivity contribution >= 4 is 39.7 Å². The molecule has 4 rings (SSSR count). The SMILES string of the molecule is COC(=O)c1c(-c2ccccc2)csc1NC(=O)CN1CCN(c2ccc(C(C)=O)cc2)CC1. The van der Waals surface area contributed by atoms with E-state index in [0.717, 1.165) is 43.0 Å². The van der Waals surface area contributed by atoms with E-state index in [1.165, 1.54) is 18.4 Å². The molecule has 176 valence electrons. The van der Waals surface area contributed by atoms with Gasteiger partial charge in [-0.3, -0.25) is 14.5 Å². The summed E-state index contributed by atoms with van der Waals surface area (Å²) in [7, 11) is 1.34. The van der Waals surface area contributed by atoms with Gasteiger partial charge in [-0.2, -0.15) is 0 Å². The number of piperazine rings is 1. The van der Waals surface area contributed by atoms with E-state index < -0.39 is 5.97 Å². The van der Waals surface area contributed by atoms with Crippen LogP contribution in [-0.2, 0) is 9.53 Å². The highest BCUT2D eigenvalue weighted by Gasteiger charge is 2.24. The van der Waals surface area contributed by atoms with Crippen molar-refractivity contribution in [1.29, 1.82) is 0 Å². The Morgan fingerprint density at radius 1 is 0.971 bits per heavy atom. The number of carbonyl (C=O) groups is 3. The number of amides is 1. The quantitative estimate of drug-likeness (QED) is 0.407. The average Bonchev–Trinajstić information content (AvgIpc) is 3.28. The summed E-state index contributed by atoms with van der Waals surface area (Å²) in [6.07, 6.45) is 0. The van der Waals surface area contributed by atoms with Gasteiger partial charge in [0.25, 0.3) is 0 Å². The molecule has 34 heavy (non-hydrogen) atoms. The maximum absolute atomic E-state index is 12.8. The molecule has 3 aromatic rings. The Morgan fingerprint density at radius 3 is 2.26 bits per heavy atom. The number of hydrogen-bond donors (Lipinski definition) is 1. The van der Waals surface area contributed by atoms with Crippen LogP contribution in [0.15, 0.2) is 60.0 Å². The molecule has 1 aromatic heterocycles. The van der Waals surface area contributed by atoms with E-state index in [9.17, 15) is 14.4 Å². The van der Waals surface area contributed by atoms with Gasteiger partial charge in [-0.05, 0) is 36.8 Å². The average molecular weight is 478 g/mol. The number of esters is 1. The van der Waals surface area contributed by atoms with Gasteiger partial charge < -0.3 is 15.0 Å². The van der Waals surface area contributed by atoms with Crippen molar-refractivity contribution in [2.24, 2.45) is 0 Å². The van der Waals surface area contributed by atoms with Gasteiger partial charge in [-0.25, -0.2) is 4.79 Å². The Labute approximate surface area is 202 Å². The predicted molar refractivity (Wildman–Crippen MR) is 135 cm³/mol. The van der Waals surface area contributed by atoms with Gasteiger partial charge >= 0.3 is 5.97 Å². The molecule has 0 atom stereocenters. The fraction of sp³-hybridized carbons (Fsp3) is 0.269. The third-order valence-corrected chi connectivity index (χ3v) is 6.79. The second-order valence-electron chi connectivity index (χ2n) is 8.13. The zero-order valence-electron chi connectivity index (χ0n) is 19.2. The monoisotopic (exact) mass is 477 g/mol. The maximum Gasteiger partial charge on any atom is 0.341 e. The highest BCUT2D eigenvalue weighted by atomic mass is 32.1. The Balaban J connectivity index is 1.37. The Morgan fingerprint density at radius 2 is 1.65 bits per heavy atom. The van der Waals surface area contributed by atoms with Crippen LogP contribution < -0.4 is 10.2 Å². The molecule has 2 heterocycles. The molecule has 0 unspecified atom stereocenters. The Bertz CT molecular complexity index is 1170. The fourth-order valence-corrected chi connectivity index (χ4v) is 5.00. The Kier molecular flexibility index (Phi) is 7.40. The summed E-state index contributed by atoms with van der Waals surface area (Å²) in [6.45, 7) is 4.87. The summed E-state index contributed by atoms with van der Waals surface area (Å²) in [4.78, 5) is 41.1. The van der Waals surface area contributed by atoms with Crippen LogP contribution >= 0.6 is 11.3 Å². The van der Waals surface area contributed by atoms with Gasteiger partial charge in [-0.15, -0.1) is 11.3 Å². The first-order valence-electron chi connectivity index (χ1n) is 11.1. The molecular formula is C26H27N3O4S. The lowest BCUT2D eigenvalue weighted by molar-refractivity contribution is -0.117. The third-order valence-electron chi connectivity index (χ3n) is 5.90. The molecule has 0 bridgehead atoms. The van der Waals surface area contributed by atoms with Crippen LogP contribution in [0.1, 0.15) is 27.6 Å². The van der Waals surface area contributed by atoms with E-state index in [-0.39, 0.29) is 18.2 Å². The highest BCUT2D eigenvalue weighted by molar-refractivity contribution is 7.15. The van der Waals surface area contributed by atoms with Crippen LogP contribution in [0.4, 0.5) is 10.7 Å². The first-order chi connectivity index (χ1) is 16.5. The molecule has 0 radical (unpaired) electrons. The zero-order valence-corrected chi connectivity index (χ0v) is 20.1. The van der Waals surface area contributed by atoms with Gasteiger partial charge in [0.2, 0.25) is 5.91 Å². The zero-order chi connectivity index (χ0) is 24.1. The van der Waals surface area contributed by atoms with Crippen molar-refractivity contribution in [3.63, 3.8) is 0 Å². The molecule has 1 fully saturated rings. The van der Waals surface area contributed by atoms with Crippen molar-refractivity contribution < 1.29 is 19.1 Å². The van der Waals surface area contributed by atoms with Gasteiger partial charge in [-0.1, -0.05) is 30.3 Å². The second-order valence-corrected chi connectivity index (χ2v) is 9.01. The number of anilines is 2. The lowest BCUT2D eigenvalue weighted by Crippen LogP contribution is -2.48. The number of ether oxygens (including phenoxy) is 1. The number of rotatable bonds is 7. The summed E-state index contributed by atoms with van der Waals surface area (Å²) >= 11 is 1.32. The van der Waals surface area contributed by atoms with Crippen LogP contribution in [0.3, 0.4) is 0 Å². The van der Waals surface area contributed by atoms with Crippen molar-refractivity contribution in [2.45, 2.75) is 6.92 Å². The molecule has 1 amide bonds. The molecule has 0 aliphatic carbocycles. The van der Waals surface area contributed by atoms with Crippen molar-refractivity contribution in [3.8, 4) is 11.1 Å². The largest absolute Gasteiger partial charge is 0.465 e. The van der Waals surface area contributed by atoms with Crippen LogP contribution in [0.25, 0.3) is 11.1 Å². The molecule has 7 nitrogen and oxygen atoms in total. The molecule has 0 saturated carbocycles. The minimum Gasteiger partial charge on any atom is -0.465 e. The Hall–Kier alpha value is -3.49. The number of benzene rings is 2. The fourth-order valence-electron chi connectivity index (χ4n) is 4.03.